The summed E-state index contributed by atoms with van der Waals surface area (Å²) < 4.78 is 23.0. The van der Waals surface area contributed by atoms with Gasteiger partial charge >= 0.3 is 0 Å². The zero-order valence-corrected chi connectivity index (χ0v) is 8.72. The first-order valence-corrected chi connectivity index (χ1v) is 6.51. The molecule has 80 valence electrons. The maximum Gasteiger partial charge on any atom is 0.237 e. The Morgan fingerprint density at radius 3 is 2.79 bits per heavy atom. The molecule has 1 N–H and O–H groups in total. The molecule has 0 spiro atoms. The van der Waals surface area contributed by atoms with Crippen molar-refractivity contribution in [1.29, 1.82) is 0 Å². The van der Waals surface area contributed by atoms with E-state index in [4.69, 9.17) is 0 Å². The number of nitrogens with one attached hydrogen (secondary N) is 1. The van der Waals surface area contributed by atoms with E-state index in [-0.39, 0.29) is 16.9 Å². The van der Waals surface area contributed by atoms with Gasteiger partial charge in [-0.2, -0.15) is 0 Å². The molecule has 1 amide bonds. The van der Waals surface area contributed by atoms with E-state index in [9.17, 15) is 13.2 Å². The van der Waals surface area contributed by atoms with Crippen molar-refractivity contribution in [3.63, 3.8) is 0 Å². The molecule has 0 saturated carbocycles. The normalized spacial score (nSPS) is 31.3. The molecule has 6 heteroatoms. The smallest absolute Gasteiger partial charge is 0.237 e. The third-order valence-electron chi connectivity index (χ3n) is 2.82. The molecular weight excluding hydrogens is 204 g/mol. The van der Waals surface area contributed by atoms with Gasteiger partial charge in [0.1, 0.15) is 0 Å². The van der Waals surface area contributed by atoms with Gasteiger partial charge < -0.3 is 4.90 Å². The molecule has 0 aromatic carbocycles. The predicted octanol–water partition coefficient (Wildman–Crippen LogP) is -1.05. The first-order chi connectivity index (χ1) is 6.59. The fourth-order valence-corrected chi connectivity index (χ4v) is 3.81. The van der Waals surface area contributed by atoms with Crippen LogP contribution in [0.15, 0.2) is 0 Å². The Morgan fingerprint density at radius 1 is 1.50 bits per heavy atom. The van der Waals surface area contributed by atoms with Crippen LogP contribution in [-0.4, -0.2) is 50.0 Å². The lowest BCUT2D eigenvalue weighted by molar-refractivity contribution is -0.126. The van der Waals surface area contributed by atoms with E-state index in [1.165, 1.54) is 0 Å². The van der Waals surface area contributed by atoms with E-state index in [1.54, 1.807) is 4.90 Å². The highest BCUT2D eigenvalue weighted by atomic mass is 32.2. The number of sulfone groups is 1. The number of carbonyl (C=O) groups excluding carboxylic acids is 1. The van der Waals surface area contributed by atoms with Crippen LogP contribution in [0, 0.1) is 0 Å². The largest absolute Gasteiger partial charge is 0.328 e. The quantitative estimate of drug-likeness (QED) is 0.642. The average molecular weight is 218 g/mol. The number of carbonyl (C=O) groups is 1. The molecular formula is C8H14N2O3S. The number of nitrogens with zero attached hydrogens (tertiary/aromatic N) is 1. The fraction of sp³-hybridized carbons (Fsp3) is 0.875. The highest BCUT2D eigenvalue weighted by molar-refractivity contribution is 7.92. The molecule has 2 saturated heterocycles. The molecule has 0 aliphatic carbocycles. The van der Waals surface area contributed by atoms with Gasteiger partial charge in [0.2, 0.25) is 5.91 Å². The van der Waals surface area contributed by atoms with E-state index in [2.05, 4.69) is 5.32 Å². The van der Waals surface area contributed by atoms with Gasteiger partial charge in [0.25, 0.3) is 0 Å². The van der Waals surface area contributed by atoms with E-state index in [1.807, 2.05) is 0 Å². The lowest BCUT2D eigenvalue weighted by Crippen LogP contribution is -2.36. The van der Waals surface area contributed by atoms with Crippen LogP contribution in [0.4, 0.5) is 0 Å². The molecule has 2 heterocycles. The Kier molecular flexibility index (Phi) is 2.48. The maximum atomic E-state index is 11.5. The predicted molar refractivity (Wildman–Crippen MR) is 51.4 cm³/mol. The van der Waals surface area contributed by atoms with Gasteiger partial charge in [0.05, 0.1) is 24.2 Å². The Balaban J connectivity index is 2.01. The van der Waals surface area contributed by atoms with Crippen LogP contribution in [0.3, 0.4) is 0 Å². The summed E-state index contributed by atoms with van der Waals surface area (Å²) in [7, 11) is -2.92. The summed E-state index contributed by atoms with van der Waals surface area (Å²) in [4.78, 5) is 12.8. The van der Waals surface area contributed by atoms with Crippen molar-refractivity contribution in [2.24, 2.45) is 0 Å². The minimum absolute atomic E-state index is 0.00657. The molecule has 2 aliphatic heterocycles. The van der Waals surface area contributed by atoms with Crippen LogP contribution in [0.1, 0.15) is 12.8 Å². The SMILES string of the molecule is O=C1CNCN1CC1CCCS1(=O)=O. The Labute approximate surface area is 83.4 Å². The van der Waals surface area contributed by atoms with Gasteiger partial charge in [-0.15, -0.1) is 0 Å². The van der Waals surface area contributed by atoms with Crippen LogP contribution < -0.4 is 5.32 Å². The van der Waals surface area contributed by atoms with Crippen LogP contribution in [0.25, 0.3) is 0 Å². The second-order valence-corrected chi connectivity index (χ2v) is 6.23. The lowest BCUT2D eigenvalue weighted by atomic mass is 10.2. The number of hydrogen-bond acceptors (Lipinski definition) is 4. The third kappa shape index (κ3) is 1.76. The third-order valence-corrected chi connectivity index (χ3v) is 5.08. The Hall–Kier alpha value is -0.620. The molecule has 2 fully saturated rings. The van der Waals surface area contributed by atoms with Crippen LogP contribution in [0.2, 0.25) is 0 Å². The van der Waals surface area contributed by atoms with Crippen LogP contribution in [-0.2, 0) is 14.6 Å². The monoisotopic (exact) mass is 218 g/mol. The first kappa shape index (κ1) is 9.92. The summed E-state index contributed by atoms with van der Waals surface area (Å²) in [5.41, 5.74) is 0. The standard InChI is InChI=1S/C8H14N2O3S/c11-8-4-9-6-10(8)5-7-2-1-3-14(7,12)13/h7,9H,1-6H2. The van der Waals surface area contributed by atoms with Gasteiger partial charge in [-0.1, -0.05) is 0 Å². The van der Waals surface area contributed by atoms with Crippen molar-refractivity contribution in [3.8, 4) is 0 Å². The zero-order valence-electron chi connectivity index (χ0n) is 7.90. The first-order valence-electron chi connectivity index (χ1n) is 4.80. The molecule has 1 unspecified atom stereocenters. The highest BCUT2D eigenvalue weighted by Gasteiger charge is 2.34. The molecule has 0 aromatic rings. The molecule has 0 bridgehead atoms. The van der Waals surface area contributed by atoms with Gasteiger partial charge in [-0.25, -0.2) is 8.42 Å². The lowest BCUT2D eigenvalue weighted by Gasteiger charge is -2.18. The molecule has 14 heavy (non-hydrogen) atoms. The summed E-state index contributed by atoms with van der Waals surface area (Å²) in [5.74, 6) is 0.291. The Morgan fingerprint density at radius 2 is 2.29 bits per heavy atom. The summed E-state index contributed by atoms with van der Waals surface area (Å²) in [6.45, 7) is 1.20. The number of hydrogen-bond donors (Lipinski definition) is 1. The van der Waals surface area contributed by atoms with Gasteiger partial charge in [-0.05, 0) is 12.8 Å². The second-order valence-electron chi connectivity index (χ2n) is 3.83. The van der Waals surface area contributed by atoms with Crippen molar-refractivity contribution in [2.75, 3.05) is 25.5 Å². The average Bonchev–Trinajstić information content (AvgIpc) is 2.62. The molecule has 2 rings (SSSR count). The molecule has 5 nitrogen and oxygen atoms in total. The minimum atomic E-state index is -2.92. The van der Waals surface area contributed by atoms with Crippen LogP contribution >= 0.6 is 0 Å². The molecule has 1 atom stereocenters. The van der Waals surface area contributed by atoms with Crippen LogP contribution in [0.5, 0.6) is 0 Å². The summed E-state index contributed by atoms with van der Waals surface area (Å²) in [6, 6.07) is 0. The van der Waals surface area contributed by atoms with Gasteiger partial charge in [-0.3, -0.25) is 10.1 Å². The fourth-order valence-electron chi connectivity index (χ4n) is 1.97. The van der Waals surface area contributed by atoms with E-state index in [0.717, 1.165) is 6.42 Å². The molecule has 2 aliphatic rings. The summed E-state index contributed by atoms with van der Waals surface area (Å²) >= 11 is 0. The Bertz CT molecular complexity index is 338. The van der Waals surface area contributed by atoms with E-state index in [0.29, 0.717) is 26.2 Å². The maximum absolute atomic E-state index is 11.5. The van der Waals surface area contributed by atoms with Gasteiger partial charge in [0.15, 0.2) is 9.84 Å². The number of amides is 1. The second kappa shape index (κ2) is 3.51. The van der Waals surface area contributed by atoms with Crippen molar-refractivity contribution in [3.05, 3.63) is 0 Å². The topological polar surface area (TPSA) is 66.5 Å². The van der Waals surface area contributed by atoms with Crippen molar-refractivity contribution in [1.82, 2.24) is 10.2 Å². The minimum Gasteiger partial charge on any atom is -0.328 e. The van der Waals surface area contributed by atoms with E-state index >= 15 is 0 Å². The summed E-state index contributed by atoms with van der Waals surface area (Å²) in [5, 5.41) is 2.58. The molecule has 0 aromatic heterocycles. The molecule has 0 radical (unpaired) electrons. The van der Waals surface area contributed by atoms with Crippen molar-refractivity contribution < 1.29 is 13.2 Å². The zero-order chi connectivity index (χ0) is 10.2. The summed E-state index contributed by atoms with van der Waals surface area (Å²) in [6.07, 6.45) is 1.44. The van der Waals surface area contributed by atoms with Gasteiger partial charge in [0, 0.05) is 6.54 Å². The van der Waals surface area contributed by atoms with Crippen molar-refractivity contribution in [2.45, 2.75) is 18.1 Å². The number of rotatable bonds is 2. The van der Waals surface area contributed by atoms with Crippen molar-refractivity contribution >= 4 is 15.7 Å². The van der Waals surface area contributed by atoms with E-state index < -0.39 is 9.84 Å². The highest BCUT2D eigenvalue weighted by Crippen LogP contribution is 2.21.